The van der Waals surface area contributed by atoms with E-state index in [4.69, 9.17) is 4.74 Å². The minimum absolute atomic E-state index is 0.0103. The van der Waals surface area contributed by atoms with Crippen molar-refractivity contribution in [3.63, 3.8) is 0 Å². The third-order valence-corrected chi connectivity index (χ3v) is 7.24. The fourth-order valence-corrected chi connectivity index (χ4v) is 4.91. The van der Waals surface area contributed by atoms with Crippen molar-refractivity contribution in [2.45, 2.75) is 39.2 Å². The first-order chi connectivity index (χ1) is 18.1. The molecule has 3 amide bonds. The molecule has 2 aromatic rings. The third-order valence-electron chi connectivity index (χ3n) is 7.24. The lowest BCUT2D eigenvalue weighted by Gasteiger charge is -2.39. The molecule has 0 aromatic heterocycles. The van der Waals surface area contributed by atoms with Gasteiger partial charge in [-0.3, -0.25) is 14.6 Å². The number of amides is 3. The molecule has 0 spiro atoms. The van der Waals surface area contributed by atoms with Crippen molar-refractivity contribution in [1.29, 1.82) is 0 Å². The lowest BCUT2D eigenvalue weighted by Crippen LogP contribution is -2.53. The van der Waals surface area contributed by atoms with E-state index in [-0.39, 0.29) is 24.0 Å². The highest BCUT2D eigenvalue weighted by Crippen LogP contribution is 2.33. The number of likely N-dealkylation sites (N-methyl/N-ethyl adjacent to an activating group) is 1. The monoisotopic (exact) mass is 518 g/mol. The standard InChI is InChI=1S/C30H38N4O4/c1-6-38-28(36)25-24(20-33-16-18-34(19-17-33)27(35)22-10-8-7-9-11-22)32(5)29(37)31-26(25)21-12-14-23(15-13-21)30(2,3)4/h7-15,26H,6,16-20H2,1-5H3,(H,31,37)/t26-/m1/s1. The molecule has 0 aliphatic carbocycles. The van der Waals surface area contributed by atoms with Gasteiger partial charge in [0, 0.05) is 51.0 Å². The lowest BCUT2D eigenvalue weighted by atomic mass is 9.85. The molecule has 2 aliphatic rings. The molecule has 0 bridgehead atoms. The summed E-state index contributed by atoms with van der Waals surface area (Å²) in [4.78, 5) is 44.7. The van der Waals surface area contributed by atoms with Crippen LogP contribution in [0, 0.1) is 0 Å². The van der Waals surface area contributed by atoms with Crippen LogP contribution in [0.25, 0.3) is 0 Å². The summed E-state index contributed by atoms with van der Waals surface area (Å²) < 4.78 is 5.47. The van der Waals surface area contributed by atoms with Gasteiger partial charge < -0.3 is 15.0 Å². The van der Waals surface area contributed by atoms with Crippen molar-refractivity contribution in [2.24, 2.45) is 0 Å². The van der Waals surface area contributed by atoms with Crippen LogP contribution in [-0.4, -0.2) is 79.0 Å². The van der Waals surface area contributed by atoms with Gasteiger partial charge in [0.2, 0.25) is 0 Å². The molecule has 2 heterocycles. The van der Waals surface area contributed by atoms with Gasteiger partial charge in [0.05, 0.1) is 18.2 Å². The molecular weight excluding hydrogens is 480 g/mol. The zero-order valence-corrected chi connectivity index (χ0v) is 23.0. The Hall–Kier alpha value is -3.65. The summed E-state index contributed by atoms with van der Waals surface area (Å²) in [6.45, 7) is 11.3. The van der Waals surface area contributed by atoms with Crippen LogP contribution >= 0.6 is 0 Å². The summed E-state index contributed by atoms with van der Waals surface area (Å²) in [6.07, 6.45) is 0. The maximum Gasteiger partial charge on any atom is 0.338 e. The summed E-state index contributed by atoms with van der Waals surface area (Å²) in [6, 6.07) is 16.4. The Morgan fingerprint density at radius 2 is 1.61 bits per heavy atom. The highest BCUT2D eigenvalue weighted by molar-refractivity contribution is 5.95. The van der Waals surface area contributed by atoms with Gasteiger partial charge in [0.25, 0.3) is 5.91 Å². The number of ether oxygens (including phenoxy) is 1. The third kappa shape index (κ3) is 5.91. The van der Waals surface area contributed by atoms with Gasteiger partial charge in [0.15, 0.2) is 0 Å². The van der Waals surface area contributed by atoms with Crippen molar-refractivity contribution >= 4 is 17.9 Å². The second-order valence-electron chi connectivity index (χ2n) is 10.8. The Kier molecular flexibility index (Phi) is 8.21. The van der Waals surface area contributed by atoms with E-state index in [2.05, 4.69) is 31.0 Å². The first-order valence-electron chi connectivity index (χ1n) is 13.2. The SMILES string of the molecule is CCOC(=O)C1=C(CN2CCN(C(=O)c3ccccc3)CC2)N(C)C(=O)N[C@@H]1c1ccc(C(C)(C)C)cc1. The van der Waals surface area contributed by atoms with Gasteiger partial charge in [-0.2, -0.15) is 0 Å². The predicted octanol–water partition coefficient (Wildman–Crippen LogP) is 3.96. The van der Waals surface area contributed by atoms with E-state index in [1.54, 1.807) is 14.0 Å². The van der Waals surface area contributed by atoms with Crippen molar-refractivity contribution < 1.29 is 19.1 Å². The van der Waals surface area contributed by atoms with Crippen molar-refractivity contribution in [2.75, 3.05) is 46.4 Å². The van der Waals surface area contributed by atoms with Gasteiger partial charge >= 0.3 is 12.0 Å². The normalized spacial score (nSPS) is 18.9. The van der Waals surface area contributed by atoms with Crippen molar-refractivity contribution in [3.8, 4) is 0 Å². The van der Waals surface area contributed by atoms with E-state index < -0.39 is 12.0 Å². The number of rotatable bonds is 6. The predicted molar refractivity (Wildman–Crippen MR) is 147 cm³/mol. The van der Waals surface area contributed by atoms with E-state index in [1.165, 1.54) is 10.5 Å². The van der Waals surface area contributed by atoms with Gasteiger partial charge in [-0.1, -0.05) is 63.2 Å². The highest BCUT2D eigenvalue weighted by Gasteiger charge is 2.38. The van der Waals surface area contributed by atoms with Crippen LogP contribution in [0.2, 0.25) is 0 Å². The maximum absolute atomic E-state index is 13.3. The van der Waals surface area contributed by atoms with Crippen LogP contribution in [0.5, 0.6) is 0 Å². The van der Waals surface area contributed by atoms with Gasteiger partial charge in [-0.05, 0) is 35.6 Å². The second-order valence-corrected chi connectivity index (χ2v) is 10.8. The fourth-order valence-electron chi connectivity index (χ4n) is 4.91. The molecule has 0 radical (unpaired) electrons. The number of carbonyl (C=O) groups excluding carboxylic acids is 3. The Bertz CT molecular complexity index is 1190. The number of piperazine rings is 1. The fraction of sp³-hybridized carbons (Fsp3) is 0.433. The minimum atomic E-state index is -0.609. The van der Waals surface area contributed by atoms with Crippen molar-refractivity contribution in [1.82, 2.24) is 20.0 Å². The Balaban J connectivity index is 1.58. The summed E-state index contributed by atoms with van der Waals surface area (Å²) in [5, 5.41) is 2.99. The molecule has 38 heavy (non-hydrogen) atoms. The Morgan fingerprint density at radius 1 is 0.974 bits per heavy atom. The molecule has 1 atom stereocenters. The van der Waals surface area contributed by atoms with E-state index in [1.807, 2.05) is 59.5 Å². The average Bonchev–Trinajstić information content (AvgIpc) is 2.91. The van der Waals surface area contributed by atoms with Crippen LogP contribution in [0.1, 0.15) is 55.2 Å². The molecule has 1 N–H and O–H groups in total. The van der Waals surface area contributed by atoms with E-state index >= 15 is 0 Å². The number of nitrogens with zero attached hydrogens (tertiary/aromatic N) is 3. The number of benzene rings is 2. The zero-order valence-electron chi connectivity index (χ0n) is 23.0. The number of carbonyl (C=O) groups is 3. The Morgan fingerprint density at radius 3 is 2.18 bits per heavy atom. The molecular formula is C30H38N4O4. The van der Waals surface area contributed by atoms with Crippen LogP contribution in [0.4, 0.5) is 4.79 Å². The average molecular weight is 519 g/mol. The molecule has 1 fully saturated rings. The number of esters is 1. The maximum atomic E-state index is 13.3. The first-order valence-corrected chi connectivity index (χ1v) is 13.2. The molecule has 8 heteroatoms. The quantitative estimate of drug-likeness (QED) is 0.586. The number of hydrogen-bond acceptors (Lipinski definition) is 5. The summed E-state index contributed by atoms with van der Waals surface area (Å²) >= 11 is 0. The summed E-state index contributed by atoms with van der Waals surface area (Å²) in [7, 11) is 1.68. The van der Waals surface area contributed by atoms with Gasteiger partial charge in [-0.15, -0.1) is 0 Å². The number of hydrogen-bond donors (Lipinski definition) is 1. The lowest BCUT2D eigenvalue weighted by molar-refractivity contribution is -0.139. The molecule has 0 unspecified atom stereocenters. The molecule has 4 rings (SSSR count). The first kappa shape index (κ1) is 27.4. The largest absolute Gasteiger partial charge is 0.463 e. The molecule has 1 saturated heterocycles. The Labute approximate surface area is 225 Å². The van der Waals surface area contributed by atoms with E-state index in [0.717, 1.165) is 5.56 Å². The highest BCUT2D eigenvalue weighted by atomic mass is 16.5. The van der Waals surface area contributed by atoms with Crippen LogP contribution in [0.3, 0.4) is 0 Å². The van der Waals surface area contributed by atoms with Crippen molar-refractivity contribution in [3.05, 3.63) is 82.6 Å². The van der Waals surface area contributed by atoms with Crippen LogP contribution in [0.15, 0.2) is 65.9 Å². The van der Waals surface area contributed by atoms with Crippen LogP contribution in [-0.2, 0) is 14.9 Å². The molecule has 2 aliphatic heterocycles. The summed E-state index contributed by atoms with van der Waals surface area (Å²) in [5.74, 6) is -0.415. The smallest absolute Gasteiger partial charge is 0.338 e. The number of nitrogens with one attached hydrogen (secondary N) is 1. The minimum Gasteiger partial charge on any atom is -0.463 e. The number of urea groups is 1. The van der Waals surface area contributed by atoms with E-state index in [0.29, 0.717) is 49.6 Å². The topological polar surface area (TPSA) is 82.2 Å². The van der Waals surface area contributed by atoms with Crippen LogP contribution < -0.4 is 5.32 Å². The van der Waals surface area contributed by atoms with E-state index in [9.17, 15) is 14.4 Å². The zero-order chi connectivity index (χ0) is 27.4. The molecule has 0 saturated carbocycles. The second kappa shape index (κ2) is 11.4. The summed E-state index contributed by atoms with van der Waals surface area (Å²) in [5.41, 5.74) is 3.74. The molecule has 2 aromatic carbocycles. The van der Waals surface area contributed by atoms with Gasteiger partial charge in [-0.25, -0.2) is 9.59 Å². The molecule has 8 nitrogen and oxygen atoms in total. The van der Waals surface area contributed by atoms with Gasteiger partial charge in [0.1, 0.15) is 0 Å². The molecule has 202 valence electrons.